The number of carbonyl (C=O) groups is 2. The number of methoxy groups -OCH3 is 1. The Labute approximate surface area is 102 Å². The Hall–Kier alpha value is -1.10. The van der Waals surface area contributed by atoms with E-state index in [1.807, 2.05) is 13.8 Å². The van der Waals surface area contributed by atoms with E-state index in [2.05, 4.69) is 15.4 Å². The van der Waals surface area contributed by atoms with E-state index in [0.29, 0.717) is 0 Å². The minimum atomic E-state index is -0.559. The van der Waals surface area contributed by atoms with Gasteiger partial charge in [-0.3, -0.25) is 4.79 Å². The van der Waals surface area contributed by atoms with Gasteiger partial charge in [-0.05, 0) is 25.3 Å². The van der Waals surface area contributed by atoms with Gasteiger partial charge >= 0.3 is 5.97 Å². The molecule has 0 aromatic rings. The summed E-state index contributed by atoms with van der Waals surface area (Å²) in [4.78, 5) is 23.5. The van der Waals surface area contributed by atoms with Gasteiger partial charge < -0.3 is 15.4 Å². The molecular weight excluding hydrogens is 220 g/mol. The van der Waals surface area contributed by atoms with Crippen molar-refractivity contribution in [2.24, 2.45) is 5.92 Å². The highest BCUT2D eigenvalue weighted by Gasteiger charge is 2.28. The molecule has 2 atom stereocenters. The second kappa shape index (κ2) is 6.59. The molecule has 1 fully saturated rings. The van der Waals surface area contributed by atoms with Gasteiger partial charge in [-0.2, -0.15) is 0 Å². The molecule has 1 amide bonds. The molecule has 5 heteroatoms. The lowest BCUT2D eigenvalue weighted by Gasteiger charge is -2.26. The van der Waals surface area contributed by atoms with Crippen molar-refractivity contribution in [3.8, 4) is 0 Å². The molecule has 2 N–H and O–H groups in total. The first-order valence-corrected chi connectivity index (χ1v) is 6.18. The molecule has 1 aliphatic heterocycles. The Bertz CT molecular complexity index is 273. The van der Waals surface area contributed by atoms with Crippen molar-refractivity contribution in [1.29, 1.82) is 0 Å². The summed E-state index contributed by atoms with van der Waals surface area (Å²) in [5.41, 5.74) is 0. The topological polar surface area (TPSA) is 67.4 Å². The predicted octanol–water partition coefficient (Wildman–Crippen LogP) is 0.442. The highest BCUT2D eigenvalue weighted by molar-refractivity contribution is 5.87. The van der Waals surface area contributed by atoms with Gasteiger partial charge in [-0.1, -0.05) is 20.3 Å². The largest absolute Gasteiger partial charge is 0.467 e. The Morgan fingerprint density at radius 2 is 2.06 bits per heavy atom. The van der Waals surface area contributed by atoms with Gasteiger partial charge in [0.2, 0.25) is 5.91 Å². The van der Waals surface area contributed by atoms with Gasteiger partial charge in [0.1, 0.15) is 6.04 Å². The third kappa shape index (κ3) is 4.00. The summed E-state index contributed by atoms with van der Waals surface area (Å²) in [7, 11) is 1.34. The lowest BCUT2D eigenvalue weighted by Crippen LogP contribution is -2.53. The normalized spacial score (nSPS) is 22.0. The Kier molecular flexibility index (Phi) is 5.41. The van der Waals surface area contributed by atoms with Crippen LogP contribution in [0.4, 0.5) is 0 Å². The zero-order chi connectivity index (χ0) is 12.8. The SMILES string of the molecule is COC(=O)C(NC(=O)[C@@H]1CCCCN1)C(C)C. The van der Waals surface area contributed by atoms with Crippen LogP contribution in [0.15, 0.2) is 0 Å². The fourth-order valence-electron chi connectivity index (χ4n) is 1.95. The number of rotatable bonds is 4. The lowest BCUT2D eigenvalue weighted by molar-refractivity contribution is -0.146. The average molecular weight is 242 g/mol. The third-order valence-corrected chi connectivity index (χ3v) is 3.05. The van der Waals surface area contributed by atoms with E-state index in [1.54, 1.807) is 0 Å². The van der Waals surface area contributed by atoms with E-state index in [-0.39, 0.29) is 23.8 Å². The number of ether oxygens (including phenoxy) is 1. The smallest absolute Gasteiger partial charge is 0.328 e. The summed E-state index contributed by atoms with van der Waals surface area (Å²) in [6.07, 6.45) is 2.99. The van der Waals surface area contributed by atoms with E-state index < -0.39 is 6.04 Å². The van der Waals surface area contributed by atoms with Crippen LogP contribution < -0.4 is 10.6 Å². The minimum Gasteiger partial charge on any atom is -0.467 e. The van der Waals surface area contributed by atoms with E-state index in [9.17, 15) is 9.59 Å². The predicted molar refractivity (Wildman–Crippen MR) is 64.4 cm³/mol. The van der Waals surface area contributed by atoms with Crippen molar-refractivity contribution in [1.82, 2.24) is 10.6 Å². The molecule has 1 aliphatic rings. The molecule has 17 heavy (non-hydrogen) atoms. The highest BCUT2D eigenvalue weighted by Crippen LogP contribution is 2.09. The van der Waals surface area contributed by atoms with Crippen molar-refractivity contribution in [3.05, 3.63) is 0 Å². The maximum Gasteiger partial charge on any atom is 0.328 e. The van der Waals surface area contributed by atoms with Crippen LogP contribution in [0.25, 0.3) is 0 Å². The maximum absolute atomic E-state index is 12.0. The standard InChI is InChI=1S/C12H22N2O3/c1-8(2)10(12(16)17-3)14-11(15)9-6-4-5-7-13-9/h8-10,13H,4-7H2,1-3H3,(H,14,15)/t9-,10?/m0/s1. The fourth-order valence-corrected chi connectivity index (χ4v) is 1.95. The van der Waals surface area contributed by atoms with Crippen molar-refractivity contribution in [2.45, 2.75) is 45.2 Å². The zero-order valence-electron chi connectivity index (χ0n) is 10.8. The zero-order valence-corrected chi connectivity index (χ0v) is 10.8. The first kappa shape index (κ1) is 14.0. The van der Waals surface area contributed by atoms with Crippen molar-refractivity contribution in [2.75, 3.05) is 13.7 Å². The van der Waals surface area contributed by atoms with Gasteiger partial charge in [-0.25, -0.2) is 4.79 Å². The lowest BCUT2D eigenvalue weighted by atomic mass is 10.0. The molecule has 0 bridgehead atoms. The number of nitrogens with one attached hydrogen (secondary N) is 2. The number of esters is 1. The van der Waals surface area contributed by atoms with Gasteiger partial charge in [0.05, 0.1) is 13.2 Å². The van der Waals surface area contributed by atoms with E-state index >= 15 is 0 Å². The van der Waals surface area contributed by atoms with E-state index in [4.69, 9.17) is 0 Å². The van der Waals surface area contributed by atoms with Gasteiger partial charge in [0, 0.05) is 0 Å². The van der Waals surface area contributed by atoms with Crippen LogP contribution in [0.5, 0.6) is 0 Å². The summed E-state index contributed by atoms with van der Waals surface area (Å²) < 4.78 is 4.69. The van der Waals surface area contributed by atoms with Crippen molar-refractivity contribution < 1.29 is 14.3 Å². The number of hydrogen-bond donors (Lipinski definition) is 2. The highest BCUT2D eigenvalue weighted by atomic mass is 16.5. The van der Waals surface area contributed by atoms with Crippen LogP contribution in [0.3, 0.4) is 0 Å². The molecule has 0 spiro atoms. The Morgan fingerprint density at radius 1 is 1.35 bits per heavy atom. The van der Waals surface area contributed by atoms with Crippen LogP contribution in [0.2, 0.25) is 0 Å². The number of amides is 1. The molecule has 0 saturated carbocycles. The van der Waals surface area contributed by atoms with Crippen molar-refractivity contribution >= 4 is 11.9 Å². The fraction of sp³-hybridized carbons (Fsp3) is 0.833. The molecule has 1 saturated heterocycles. The summed E-state index contributed by atoms with van der Waals surface area (Å²) in [5.74, 6) is -0.465. The average Bonchev–Trinajstić information content (AvgIpc) is 2.35. The third-order valence-electron chi connectivity index (χ3n) is 3.05. The molecule has 1 rings (SSSR count). The second-order valence-corrected chi connectivity index (χ2v) is 4.76. The summed E-state index contributed by atoms with van der Waals surface area (Å²) in [6.45, 7) is 4.63. The Balaban J connectivity index is 2.54. The second-order valence-electron chi connectivity index (χ2n) is 4.76. The van der Waals surface area contributed by atoms with Crippen LogP contribution >= 0.6 is 0 Å². The van der Waals surface area contributed by atoms with Gasteiger partial charge in [-0.15, -0.1) is 0 Å². The van der Waals surface area contributed by atoms with Crippen LogP contribution in [-0.4, -0.2) is 37.6 Å². The van der Waals surface area contributed by atoms with E-state index in [0.717, 1.165) is 25.8 Å². The first-order chi connectivity index (χ1) is 8.06. The molecular formula is C12H22N2O3. The number of piperidine rings is 1. The molecule has 0 aromatic carbocycles. The molecule has 1 heterocycles. The van der Waals surface area contributed by atoms with E-state index in [1.165, 1.54) is 7.11 Å². The molecule has 1 unspecified atom stereocenters. The van der Waals surface area contributed by atoms with Crippen LogP contribution in [0, 0.1) is 5.92 Å². The molecule has 0 radical (unpaired) electrons. The van der Waals surface area contributed by atoms with Gasteiger partial charge in [0.25, 0.3) is 0 Å². The molecule has 0 aromatic heterocycles. The van der Waals surface area contributed by atoms with Crippen molar-refractivity contribution in [3.63, 3.8) is 0 Å². The number of carbonyl (C=O) groups excluding carboxylic acids is 2. The first-order valence-electron chi connectivity index (χ1n) is 6.18. The summed E-state index contributed by atoms with van der Waals surface area (Å²) in [5, 5.41) is 5.92. The monoisotopic (exact) mass is 242 g/mol. The maximum atomic E-state index is 12.0. The summed E-state index contributed by atoms with van der Waals surface area (Å²) >= 11 is 0. The molecule has 0 aliphatic carbocycles. The quantitative estimate of drug-likeness (QED) is 0.702. The molecule has 5 nitrogen and oxygen atoms in total. The van der Waals surface area contributed by atoms with Crippen LogP contribution in [-0.2, 0) is 14.3 Å². The van der Waals surface area contributed by atoms with Crippen LogP contribution in [0.1, 0.15) is 33.1 Å². The minimum absolute atomic E-state index is 0.0231. The molecule has 98 valence electrons. The Morgan fingerprint density at radius 3 is 2.53 bits per heavy atom. The summed E-state index contributed by atoms with van der Waals surface area (Å²) in [6, 6.07) is -0.731. The number of hydrogen-bond acceptors (Lipinski definition) is 4. The van der Waals surface area contributed by atoms with Gasteiger partial charge in [0.15, 0.2) is 0 Å².